The van der Waals surface area contributed by atoms with Gasteiger partial charge in [-0.3, -0.25) is 4.98 Å². The lowest BCUT2D eigenvalue weighted by molar-refractivity contribution is 0.0200. The molecular formula is C16H18BrNO. The second kappa shape index (κ2) is 5.22. The number of rotatable bonds is 3. The highest BCUT2D eigenvalue weighted by molar-refractivity contribution is 9.09. The van der Waals surface area contributed by atoms with Crippen LogP contribution in [0.3, 0.4) is 0 Å². The lowest BCUT2D eigenvalue weighted by Gasteiger charge is -2.29. The number of benzene rings is 1. The Kier molecular flexibility index (Phi) is 3.59. The summed E-state index contributed by atoms with van der Waals surface area (Å²) in [6, 6.07) is 12.5. The summed E-state index contributed by atoms with van der Waals surface area (Å²) in [7, 11) is 0. The van der Waals surface area contributed by atoms with Gasteiger partial charge in [0, 0.05) is 28.9 Å². The third kappa shape index (κ3) is 2.67. The number of hydrogen-bond donors (Lipinski definition) is 0. The summed E-state index contributed by atoms with van der Waals surface area (Å²) in [4.78, 5) is 5.05. The van der Waals surface area contributed by atoms with E-state index in [0.29, 0.717) is 4.83 Å². The molecule has 2 heterocycles. The van der Waals surface area contributed by atoms with Crippen molar-refractivity contribution in [3.63, 3.8) is 0 Å². The largest absolute Gasteiger partial charge is 0.374 e. The molecule has 0 bridgehead atoms. The van der Waals surface area contributed by atoms with Crippen LogP contribution in [0, 0.1) is 0 Å². The quantitative estimate of drug-likeness (QED) is 0.794. The molecule has 0 saturated carbocycles. The number of aromatic nitrogens is 1. The Bertz CT molecular complexity index is 578. The van der Waals surface area contributed by atoms with Crippen LogP contribution in [0.25, 0.3) is 10.9 Å². The number of fused-ring (bicyclic) bond motifs is 1. The van der Waals surface area contributed by atoms with Crippen LogP contribution in [0.1, 0.15) is 25.5 Å². The zero-order chi connectivity index (χ0) is 13.3. The average Bonchev–Trinajstić information content (AvgIpc) is 2.87. The molecule has 0 N–H and O–H groups in total. The van der Waals surface area contributed by atoms with E-state index in [9.17, 15) is 0 Å². The first-order chi connectivity index (χ1) is 9.17. The lowest BCUT2D eigenvalue weighted by atomic mass is 9.95. The molecule has 2 atom stereocenters. The van der Waals surface area contributed by atoms with Gasteiger partial charge in [-0.15, -0.1) is 0 Å². The van der Waals surface area contributed by atoms with E-state index < -0.39 is 0 Å². The molecule has 1 aliphatic rings. The molecule has 2 nitrogen and oxygen atoms in total. The summed E-state index contributed by atoms with van der Waals surface area (Å²) >= 11 is 3.80. The van der Waals surface area contributed by atoms with Crippen LogP contribution >= 0.6 is 15.9 Å². The summed E-state index contributed by atoms with van der Waals surface area (Å²) in [6.45, 7) is 3.07. The first-order valence-corrected chi connectivity index (χ1v) is 7.72. The van der Waals surface area contributed by atoms with E-state index in [4.69, 9.17) is 9.72 Å². The van der Waals surface area contributed by atoms with Crippen LogP contribution in [-0.4, -0.2) is 22.0 Å². The maximum atomic E-state index is 5.89. The van der Waals surface area contributed by atoms with Crippen molar-refractivity contribution in [1.82, 2.24) is 4.98 Å². The number of nitrogens with zero attached hydrogens (tertiary/aromatic N) is 1. The van der Waals surface area contributed by atoms with Crippen molar-refractivity contribution in [1.29, 1.82) is 0 Å². The molecule has 19 heavy (non-hydrogen) atoms. The standard InChI is InChI=1S/C16H18BrNO/c1-16(9-4-10-19-16)15(17)11-13-8-7-12-5-2-3-6-14(12)18-13/h2-3,5-8,15H,4,9-11H2,1H3. The zero-order valence-corrected chi connectivity index (χ0v) is 12.7. The normalized spacial score (nSPS) is 24.7. The predicted molar refractivity (Wildman–Crippen MR) is 81.8 cm³/mol. The number of ether oxygens (including phenoxy) is 1. The molecule has 1 fully saturated rings. The number of para-hydroxylation sites is 1. The van der Waals surface area contributed by atoms with Crippen molar-refractivity contribution in [2.24, 2.45) is 0 Å². The van der Waals surface area contributed by atoms with Gasteiger partial charge >= 0.3 is 0 Å². The number of hydrogen-bond acceptors (Lipinski definition) is 2. The second-order valence-corrected chi connectivity index (χ2v) is 6.54. The minimum Gasteiger partial charge on any atom is -0.374 e. The highest BCUT2D eigenvalue weighted by Crippen LogP contribution is 2.34. The number of alkyl halides is 1. The molecule has 100 valence electrons. The summed E-state index contributed by atoms with van der Waals surface area (Å²) < 4.78 is 5.89. The minimum absolute atomic E-state index is 0.0483. The first kappa shape index (κ1) is 13.1. The average molecular weight is 320 g/mol. The molecule has 3 heteroatoms. The topological polar surface area (TPSA) is 22.1 Å². The van der Waals surface area contributed by atoms with E-state index >= 15 is 0 Å². The maximum absolute atomic E-state index is 5.89. The Morgan fingerprint density at radius 1 is 1.32 bits per heavy atom. The third-order valence-electron chi connectivity index (χ3n) is 3.96. The maximum Gasteiger partial charge on any atom is 0.0783 e. The number of halogens is 1. The molecule has 3 rings (SSSR count). The van der Waals surface area contributed by atoms with Crippen molar-refractivity contribution < 1.29 is 4.74 Å². The van der Waals surface area contributed by atoms with Crippen LogP contribution in [0.2, 0.25) is 0 Å². The fraction of sp³-hybridized carbons (Fsp3) is 0.438. The van der Waals surface area contributed by atoms with Gasteiger partial charge in [0.1, 0.15) is 0 Å². The lowest BCUT2D eigenvalue weighted by Crippen LogP contribution is -2.36. The van der Waals surface area contributed by atoms with E-state index in [0.717, 1.165) is 37.1 Å². The van der Waals surface area contributed by atoms with Gasteiger partial charge in [-0.2, -0.15) is 0 Å². The summed E-state index contributed by atoms with van der Waals surface area (Å²) in [5, 5.41) is 1.20. The van der Waals surface area contributed by atoms with Crippen LogP contribution in [-0.2, 0) is 11.2 Å². The van der Waals surface area contributed by atoms with E-state index in [1.165, 1.54) is 5.39 Å². The molecule has 1 aromatic heterocycles. The number of pyridine rings is 1. The van der Waals surface area contributed by atoms with Crippen LogP contribution in [0.15, 0.2) is 36.4 Å². The predicted octanol–water partition coefficient (Wildman–Crippen LogP) is 4.11. The van der Waals surface area contributed by atoms with E-state index in [1.807, 2.05) is 12.1 Å². The molecule has 0 amide bonds. The summed E-state index contributed by atoms with van der Waals surface area (Å²) in [5.41, 5.74) is 2.14. The van der Waals surface area contributed by atoms with Crippen LogP contribution in [0.4, 0.5) is 0 Å². The van der Waals surface area contributed by atoms with Crippen LogP contribution < -0.4 is 0 Å². The van der Waals surface area contributed by atoms with Crippen molar-refractivity contribution >= 4 is 26.8 Å². The third-order valence-corrected chi connectivity index (χ3v) is 5.25. The fourth-order valence-corrected chi connectivity index (χ4v) is 3.36. The first-order valence-electron chi connectivity index (χ1n) is 6.80. The monoisotopic (exact) mass is 319 g/mol. The van der Waals surface area contributed by atoms with E-state index in [1.54, 1.807) is 0 Å². The molecule has 0 aliphatic carbocycles. The van der Waals surface area contributed by atoms with Crippen molar-refractivity contribution in [3.8, 4) is 0 Å². The molecule has 0 spiro atoms. The fourth-order valence-electron chi connectivity index (χ4n) is 2.67. The van der Waals surface area contributed by atoms with Crippen molar-refractivity contribution in [2.75, 3.05) is 6.61 Å². The van der Waals surface area contributed by atoms with Gasteiger partial charge in [-0.25, -0.2) is 0 Å². The Morgan fingerprint density at radius 3 is 2.95 bits per heavy atom. The van der Waals surface area contributed by atoms with Gasteiger partial charge < -0.3 is 4.74 Å². The van der Waals surface area contributed by atoms with Gasteiger partial charge in [0.15, 0.2) is 0 Å². The molecule has 1 aromatic carbocycles. The zero-order valence-electron chi connectivity index (χ0n) is 11.1. The Balaban J connectivity index is 1.81. The second-order valence-electron chi connectivity index (χ2n) is 5.43. The smallest absolute Gasteiger partial charge is 0.0783 e. The Morgan fingerprint density at radius 2 is 2.16 bits per heavy atom. The highest BCUT2D eigenvalue weighted by atomic mass is 79.9. The van der Waals surface area contributed by atoms with Gasteiger partial charge in [0.25, 0.3) is 0 Å². The summed E-state index contributed by atoms with van der Waals surface area (Å²) in [6.07, 6.45) is 3.18. The molecule has 1 saturated heterocycles. The molecule has 0 radical (unpaired) electrons. The minimum atomic E-state index is -0.0483. The van der Waals surface area contributed by atoms with E-state index in [2.05, 4.69) is 47.1 Å². The van der Waals surface area contributed by atoms with Gasteiger partial charge in [0.2, 0.25) is 0 Å². The van der Waals surface area contributed by atoms with E-state index in [-0.39, 0.29) is 5.60 Å². The van der Waals surface area contributed by atoms with Gasteiger partial charge in [0.05, 0.1) is 11.1 Å². The Hall–Kier alpha value is -0.930. The molecule has 2 unspecified atom stereocenters. The van der Waals surface area contributed by atoms with Crippen molar-refractivity contribution in [2.45, 2.75) is 36.6 Å². The highest BCUT2D eigenvalue weighted by Gasteiger charge is 2.37. The Labute approximate surface area is 122 Å². The SMILES string of the molecule is CC1(C(Br)Cc2ccc3ccccc3n2)CCCO1. The van der Waals surface area contributed by atoms with Gasteiger partial charge in [-0.05, 0) is 31.9 Å². The molecular weight excluding hydrogens is 302 g/mol. The molecule has 1 aliphatic heterocycles. The van der Waals surface area contributed by atoms with Crippen molar-refractivity contribution in [3.05, 3.63) is 42.1 Å². The summed E-state index contributed by atoms with van der Waals surface area (Å²) in [5.74, 6) is 0. The molecule has 2 aromatic rings. The van der Waals surface area contributed by atoms with Gasteiger partial charge in [-0.1, -0.05) is 40.2 Å². The van der Waals surface area contributed by atoms with Crippen LogP contribution in [0.5, 0.6) is 0 Å².